The van der Waals surface area contributed by atoms with Crippen molar-refractivity contribution in [3.63, 3.8) is 0 Å². The second kappa shape index (κ2) is 19.7. The van der Waals surface area contributed by atoms with E-state index < -0.39 is 36.2 Å². The standard InChI is InChI=1S/C18H21NO3.C16H21NO3.C4H6O6.CH3Br.2H2O/c1-19-8-7-18-11-4-5-13(20)17(18)22-16-14(21-2)6-3-10(15(16)18)9-12(11)19;1-17-12-7-8-13(17)10-14(9-12)20-16(19)15(18)11-5-3-2-4-6-11;5-1(3(7)8)2(6)4(9)10;1-2;;/h3,6,11-12,17H,4-5,7-9H2,1-2H3;2-6,12-15,18H,7-10H2,1H3;1-2,5-6H,(H,7,8)(H,9,10);1H3;2*1H2/t11-,12+,17-,18-;;1-,2-;;;/m0.1.../s1. The third-order valence-electron chi connectivity index (χ3n) is 12.1. The lowest BCUT2D eigenvalue weighted by Crippen LogP contribution is -2.65. The van der Waals surface area contributed by atoms with Crippen LogP contribution in [0.3, 0.4) is 0 Å². The van der Waals surface area contributed by atoms with Crippen molar-refractivity contribution >= 4 is 39.6 Å². The van der Waals surface area contributed by atoms with Crippen LogP contribution in [-0.2, 0) is 35.8 Å². The number of methoxy groups -OCH3 is 1. The van der Waals surface area contributed by atoms with E-state index in [-0.39, 0.29) is 34.4 Å². The number of Topliss-reactive ketones (excluding diaryl/α,β-unsaturated/α-hetero) is 1. The summed E-state index contributed by atoms with van der Waals surface area (Å²) >= 11 is 2.94. The van der Waals surface area contributed by atoms with Gasteiger partial charge in [0.05, 0.1) is 7.11 Å². The molecule has 3 saturated heterocycles. The van der Waals surface area contributed by atoms with Crippen molar-refractivity contribution in [1.82, 2.24) is 9.80 Å². The molecule has 0 amide bonds. The summed E-state index contributed by atoms with van der Waals surface area (Å²) in [4.78, 5) is 49.1. The number of likely N-dealkylation sites (N-methyl/N-ethyl adjacent to an activating group) is 1. The van der Waals surface area contributed by atoms with Gasteiger partial charge in [0, 0.05) is 35.5 Å². The first-order chi connectivity index (χ1) is 25.8. The molecule has 16 nitrogen and oxygen atoms in total. The predicted octanol–water partition coefficient (Wildman–Crippen LogP) is 1.06. The minimum atomic E-state index is -2.27. The molecule has 17 heteroatoms. The summed E-state index contributed by atoms with van der Waals surface area (Å²) in [6.07, 6.45) is 1.88. The number of aliphatic hydroxyl groups is 3. The molecule has 2 aromatic rings. The first-order valence-corrected chi connectivity index (χ1v) is 19.8. The number of carboxylic acids is 2. The molecule has 6 aliphatic rings. The molecule has 1 spiro atoms. The quantitative estimate of drug-likeness (QED) is 0.193. The molecule has 4 bridgehead atoms. The van der Waals surface area contributed by atoms with Gasteiger partial charge < -0.3 is 60.5 Å². The van der Waals surface area contributed by atoms with Crippen molar-refractivity contribution in [3.05, 3.63) is 59.2 Å². The van der Waals surface area contributed by atoms with Crippen molar-refractivity contribution in [1.29, 1.82) is 0 Å². The number of hydrogen-bond donors (Lipinski definition) is 5. The number of carboxylic acid groups (broad SMARTS) is 2. The summed E-state index contributed by atoms with van der Waals surface area (Å²) in [6.45, 7) is 1.05. The van der Waals surface area contributed by atoms with E-state index in [9.17, 15) is 24.3 Å². The zero-order chi connectivity index (χ0) is 39.5. The maximum atomic E-state index is 12.6. The van der Waals surface area contributed by atoms with Crippen molar-refractivity contribution in [2.45, 2.75) is 105 Å². The van der Waals surface area contributed by atoms with Gasteiger partial charge in [-0.15, -0.1) is 0 Å². The van der Waals surface area contributed by atoms with Gasteiger partial charge in [0.25, 0.3) is 0 Å². The molecule has 312 valence electrons. The normalized spacial score (nSPS) is 29.1. The highest BCUT2D eigenvalue weighted by atomic mass is 79.9. The van der Waals surface area contributed by atoms with Gasteiger partial charge in [-0.05, 0) is 94.5 Å². The van der Waals surface area contributed by atoms with Crippen molar-refractivity contribution in [3.8, 4) is 11.5 Å². The fraction of sp³-hybridized carbons (Fsp3) is 0.590. The van der Waals surface area contributed by atoms with Crippen LogP contribution < -0.4 is 9.47 Å². The molecule has 9 N–H and O–H groups in total. The van der Waals surface area contributed by atoms with Gasteiger partial charge in [-0.3, -0.25) is 4.79 Å². The lowest BCUT2D eigenvalue weighted by molar-refractivity contribution is -0.165. The Kier molecular flexibility index (Phi) is 16.4. The maximum Gasteiger partial charge on any atom is 0.339 e. The molecule has 2 aliphatic carbocycles. The highest BCUT2D eigenvalue weighted by molar-refractivity contribution is 9.08. The van der Waals surface area contributed by atoms with E-state index in [1.54, 1.807) is 19.2 Å². The zero-order valence-corrected chi connectivity index (χ0v) is 33.6. The van der Waals surface area contributed by atoms with E-state index in [4.69, 9.17) is 34.6 Å². The van der Waals surface area contributed by atoms with Crippen LogP contribution in [-0.4, -0.2) is 146 Å². The van der Waals surface area contributed by atoms with E-state index in [0.717, 1.165) is 50.1 Å². The number of carbonyl (C=O) groups excluding carboxylic acids is 2. The van der Waals surface area contributed by atoms with E-state index in [1.165, 1.54) is 24.0 Å². The molecule has 1 saturated carbocycles. The first kappa shape index (κ1) is 46.7. The number of carbonyl (C=O) groups is 4. The summed E-state index contributed by atoms with van der Waals surface area (Å²) in [6, 6.07) is 14.7. The number of hydrogen-bond acceptors (Lipinski definition) is 12. The van der Waals surface area contributed by atoms with Gasteiger partial charge >= 0.3 is 17.9 Å². The minimum Gasteiger partial charge on any atom is -0.493 e. The number of aliphatic carboxylic acids is 2. The van der Waals surface area contributed by atoms with Crippen LogP contribution in [0.2, 0.25) is 0 Å². The number of benzene rings is 2. The lowest BCUT2D eigenvalue weighted by Gasteiger charge is -2.57. The Balaban J connectivity index is 0.000000231. The number of alkyl halides is 1. The van der Waals surface area contributed by atoms with Crippen molar-refractivity contribution in [2.75, 3.05) is 33.6 Å². The molecular weight excluding hydrogens is 800 g/mol. The Morgan fingerprint density at radius 1 is 0.911 bits per heavy atom. The average Bonchev–Trinajstić information content (AvgIpc) is 3.62. The Hall–Kier alpha value is -3.68. The Morgan fingerprint density at radius 2 is 1.50 bits per heavy atom. The third-order valence-corrected chi connectivity index (χ3v) is 12.1. The van der Waals surface area contributed by atoms with Gasteiger partial charge in [0.1, 0.15) is 6.10 Å². The van der Waals surface area contributed by atoms with Crippen molar-refractivity contribution < 1.29 is 69.9 Å². The molecule has 4 heterocycles. The molecule has 3 unspecified atom stereocenters. The summed E-state index contributed by atoms with van der Waals surface area (Å²) < 4.78 is 17.3. The number of ether oxygens (including phenoxy) is 3. The van der Waals surface area contributed by atoms with Gasteiger partial charge in [0.15, 0.2) is 41.7 Å². The van der Waals surface area contributed by atoms with E-state index in [1.807, 2.05) is 30.1 Å². The second-order valence-electron chi connectivity index (χ2n) is 14.7. The van der Waals surface area contributed by atoms with Crippen LogP contribution >= 0.6 is 15.9 Å². The zero-order valence-electron chi connectivity index (χ0n) is 32.0. The third kappa shape index (κ3) is 8.89. The summed E-state index contributed by atoms with van der Waals surface area (Å²) in [7, 11) is 6.06. The Bertz CT molecular complexity index is 1650. The predicted molar refractivity (Wildman–Crippen MR) is 206 cm³/mol. The second-order valence-corrected chi connectivity index (χ2v) is 14.7. The fourth-order valence-corrected chi connectivity index (χ4v) is 9.40. The van der Waals surface area contributed by atoms with Gasteiger partial charge in [0.2, 0.25) is 0 Å². The minimum absolute atomic E-state index is 0. The van der Waals surface area contributed by atoms with Gasteiger partial charge in [-0.1, -0.05) is 52.3 Å². The summed E-state index contributed by atoms with van der Waals surface area (Å²) in [5, 5.41) is 42.6. The van der Waals surface area contributed by atoms with Gasteiger partial charge in [-0.2, -0.15) is 0 Å². The SMILES string of the molecule is CBr.CN1C2CCC1CC(OC(=O)C(O)c1ccccc1)C2.COc1ccc2c3c1O[C@H]1C(=O)CC[C@H]4[C@@H](C2)N(C)CC[C@]314.O.O.O=C(O)[C@H](O)[C@@H](O)C(=O)O. The van der Waals surface area contributed by atoms with Gasteiger partial charge in [-0.25, -0.2) is 14.4 Å². The number of halogens is 1. The molecule has 4 fully saturated rings. The number of likely N-dealkylation sites (tertiary alicyclic amines) is 1. The number of rotatable bonds is 7. The van der Waals surface area contributed by atoms with Crippen LogP contribution in [0.4, 0.5) is 0 Å². The Morgan fingerprint density at radius 3 is 2.05 bits per heavy atom. The number of fused-ring (bicyclic) bond motifs is 2. The van der Waals surface area contributed by atoms with Crippen LogP contribution in [0.1, 0.15) is 67.7 Å². The molecule has 56 heavy (non-hydrogen) atoms. The van der Waals surface area contributed by atoms with E-state index in [2.05, 4.69) is 45.9 Å². The number of ketones is 1. The molecule has 2 aromatic carbocycles. The number of piperidine rings is 2. The number of nitrogens with zero attached hydrogens (tertiary/aromatic N) is 2. The lowest BCUT2D eigenvalue weighted by atomic mass is 9.52. The topological polar surface area (TPSA) is 267 Å². The summed E-state index contributed by atoms with van der Waals surface area (Å²) in [5.74, 6) is 0.211. The number of aliphatic hydroxyl groups excluding tert-OH is 3. The number of esters is 1. The largest absolute Gasteiger partial charge is 0.493 e. The molecule has 9 atom stereocenters. The fourth-order valence-electron chi connectivity index (χ4n) is 9.40. The average molecular weight is 856 g/mol. The molecule has 0 radical (unpaired) electrons. The maximum absolute atomic E-state index is 12.6. The van der Waals surface area contributed by atoms with E-state index in [0.29, 0.717) is 36.0 Å². The highest BCUT2D eigenvalue weighted by Crippen LogP contribution is 2.63. The molecule has 8 rings (SSSR count). The van der Waals surface area contributed by atoms with Crippen LogP contribution in [0.15, 0.2) is 42.5 Å². The van der Waals surface area contributed by atoms with E-state index >= 15 is 0 Å². The summed E-state index contributed by atoms with van der Waals surface area (Å²) in [5.41, 5.74) is 3.16. The Labute approximate surface area is 334 Å². The van der Waals surface area contributed by atoms with Crippen molar-refractivity contribution in [2.24, 2.45) is 5.92 Å². The smallest absolute Gasteiger partial charge is 0.339 e. The monoisotopic (exact) mass is 854 g/mol. The van der Waals surface area contributed by atoms with Crippen LogP contribution in [0, 0.1) is 5.92 Å². The molecule has 0 aromatic heterocycles. The molecular formula is C39H55BrN2O14. The molecule has 4 aliphatic heterocycles. The van der Waals surface area contributed by atoms with Crippen LogP contribution in [0.5, 0.6) is 11.5 Å². The highest BCUT2D eigenvalue weighted by Gasteiger charge is 2.65. The first-order valence-electron chi connectivity index (χ1n) is 18.2. The van der Waals surface area contributed by atoms with Crippen LogP contribution in [0.25, 0.3) is 0 Å².